The molecule has 0 aliphatic carbocycles. The first-order valence-electron chi connectivity index (χ1n) is 7.20. The summed E-state index contributed by atoms with van der Waals surface area (Å²) in [6.07, 6.45) is -2.84. The van der Waals surface area contributed by atoms with Gasteiger partial charge in [0.2, 0.25) is 0 Å². The van der Waals surface area contributed by atoms with Crippen LogP contribution in [0, 0.1) is 0 Å². The van der Waals surface area contributed by atoms with Crippen molar-refractivity contribution >= 4 is 24.5 Å². The van der Waals surface area contributed by atoms with Gasteiger partial charge in [-0.25, -0.2) is 4.98 Å². The van der Waals surface area contributed by atoms with Gasteiger partial charge in [-0.1, -0.05) is 0 Å². The molecule has 0 amide bonds. The minimum Gasteiger partial charge on any atom is -0.400 e. The summed E-state index contributed by atoms with van der Waals surface area (Å²) >= 11 is 0.943. The molecule has 1 aliphatic rings. The fraction of sp³-hybridized carbons (Fsp3) is 0.643. The summed E-state index contributed by atoms with van der Waals surface area (Å²) in [5.74, 6) is 0. The van der Waals surface area contributed by atoms with Crippen molar-refractivity contribution in [2.24, 2.45) is 0 Å². The molecule has 128 valence electrons. The number of nitrogens with zero attached hydrogens (tertiary/aromatic N) is 1. The Hall–Kier alpha value is -0.895. The van der Waals surface area contributed by atoms with Crippen LogP contribution in [0.3, 0.4) is 0 Å². The van der Waals surface area contributed by atoms with E-state index in [1.165, 1.54) is 0 Å². The minimum atomic E-state index is -4.43. The zero-order chi connectivity index (χ0) is 17.5. The Labute approximate surface area is 138 Å². The molecule has 1 fully saturated rings. The van der Waals surface area contributed by atoms with Gasteiger partial charge in [0.15, 0.2) is 5.69 Å². The molecule has 0 unspecified atom stereocenters. The number of hydrogen-bond acceptors (Lipinski definition) is 5. The van der Waals surface area contributed by atoms with E-state index in [4.69, 9.17) is 9.31 Å². The van der Waals surface area contributed by atoms with Gasteiger partial charge >= 0.3 is 13.3 Å². The molecule has 0 saturated carbocycles. The highest BCUT2D eigenvalue weighted by atomic mass is 32.1. The zero-order valence-electron chi connectivity index (χ0n) is 13.7. The van der Waals surface area contributed by atoms with Crippen LogP contribution in [-0.2, 0) is 15.5 Å². The number of halogens is 3. The van der Waals surface area contributed by atoms with E-state index in [-0.39, 0.29) is 5.01 Å². The van der Waals surface area contributed by atoms with Crippen molar-refractivity contribution in [3.8, 4) is 0 Å². The minimum absolute atomic E-state index is 0.275. The smallest absolute Gasteiger partial charge is 0.400 e. The van der Waals surface area contributed by atoms with Gasteiger partial charge in [-0.2, -0.15) is 13.2 Å². The van der Waals surface area contributed by atoms with Crippen LogP contribution < -0.4 is 5.32 Å². The highest BCUT2D eigenvalue weighted by Gasteiger charge is 2.52. The van der Waals surface area contributed by atoms with E-state index in [2.05, 4.69) is 10.3 Å². The molecule has 23 heavy (non-hydrogen) atoms. The molecule has 2 rings (SSSR count). The van der Waals surface area contributed by atoms with Crippen molar-refractivity contribution in [1.29, 1.82) is 0 Å². The maximum Gasteiger partial charge on any atom is 0.491 e. The monoisotopic (exact) mass is 348 g/mol. The van der Waals surface area contributed by atoms with Crippen molar-refractivity contribution in [1.82, 2.24) is 10.3 Å². The van der Waals surface area contributed by atoms with Crippen molar-refractivity contribution in [3.63, 3.8) is 0 Å². The summed E-state index contributed by atoms with van der Waals surface area (Å²) < 4.78 is 49.9. The first-order valence-corrected chi connectivity index (χ1v) is 8.08. The molecule has 1 aliphatic heterocycles. The Morgan fingerprint density at radius 3 is 2.30 bits per heavy atom. The molecular weight excluding hydrogens is 328 g/mol. The SMILES string of the molecule is CNCC(=Cc1nc(C(F)(F)F)cs1)B1OC(C)(C)C(C)(C)O1. The molecule has 0 aromatic carbocycles. The topological polar surface area (TPSA) is 43.4 Å². The molecule has 1 aromatic rings. The average molecular weight is 348 g/mol. The summed E-state index contributed by atoms with van der Waals surface area (Å²) in [5, 5.41) is 4.27. The summed E-state index contributed by atoms with van der Waals surface area (Å²) in [6.45, 7) is 8.13. The second-order valence-corrected chi connectivity index (χ2v) is 7.30. The lowest BCUT2D eigenvalue weighted by molar-refractivity contribution is -0.140. The van der Waals surface area contributed by atoms with Gasteiger partial charge in [-0.3, -0.25) is 0 Å². The summed E-state index contributed by atoms with van der Waals surface area (Å²) in [5.41, 5.74) is -1.20. The second kappa shape index (κ2) is 6.20. The van der Waals surface area contributed by atoms with Crippen LogP contribution in [0.2, 0.25) is 0 Å². The van der Waals surface area contributed by atoms with Crippen LogP contribution in [-0.4, -0.2) is 36.9 Å². The van der Waals surface area contributed by atoms with Gasteiger partial charge in [0.1, 0.15) is 5.01 Å². The first-order chi connectivity index (χ1) is 10.5. The molecule has 1 N–H and O–H groups in total. The zero-order valence-corrected chi connectivity index (χ0v) is 14.6. The highest BCUT2D eigenvalue weighted by Crippen LogP contribution is 2.39. The highest BCUT2D eigenvalue weighted by molar-refractivity contribution is 7.10. The molecule has 0 radical (unpaired) electrons. The molecular formula is C14H20BF3N2O2S. The summed E-state index contributed by atoms with van der Waals surface area (Å²) in [6, 6.07) is 0. The van der Waals surface area contributed by atoms with E-state index >= 15 is 0 Å². The van der Waals surface area contributed by atoms with Gasteiger partial charge in [-0.15, -0.1) is 11.3 Å². The Balaban J connectivity index is 2.27. The van der Waals surface area contributed by atoms with E-state index in [1.54, 1.807) is 13.1 Å². The molecule has 4 nitrogen and oxygen atoms in total. The summed E-state index contributed by atoms with van der Waals surface area (Å²) in [7, 11) is 1.13. The molecule has 0 spiro atoms. The number of thiazole rings is 1. The predicted molar refractivity (Wildman–Crippen MR) is 85.1 cm³/mol. The van der Waals surface area contributed by atoms with E-state index in [0.29, 0.717) is 12.0 Å². The molecule has 0 atom stereocenters. The fourth-order valence-corrected chi connectivity index (χ4v) is 2.83. The van der Waals surface area contributed by atoms with Gasteiger partial charge in [0.05, 0.1) is 11.2 Å². The van der Waals surface area contributed by atoms with Crippen molar-refractivity contribution in [2.45, 2.75) is 45.1 Å². The Bertz CT molecular complexity index is 583. The number of aromatic nitrogens is 1. The third-order valence-corrected chi connectivity index (χ3v) is 4.85. The molecule has 1 saturated heterocycles. The van der Waals surface area contributed by atoms with Gasteiger partial charge in [-0.05, 0) is 46.3 Å². The van der Waals surface area contributed by atoms with Crippen LogP contribution in [0.4, 0.5) is 13.2 Å². The summed E-state index contributed by atoms with van der Waals surface area (Å²) in [4.78, 5) is 3.63. The lowest BCUT2D eigenvalue weighted by Crippen LogP contribution is -2.41. The molecule has 1 aromatic heterocycles. The Kier molecular flexibility index (Phi) is 4.97. The van der Waals surface area contributed by atoms with Crippen LogP contribution in [0.15, 0.2) is 10.9 Å². The molecule has 0 bridgehead atoms. The number of nitrogens with one attached hydrogen (secondary N) is 1. The lowest BCUT2D eigenvalue weighted by Gasteiger charge is -2.32. The van der Waals surface area contributed by atoms with Crippen LogP contribution >= 0.6 is 11.3 Å². The number of alkyl halides is 3. The van der Waals surface area contributed by atoms with Crippen molar-refractivity contribution in [3.05, 3.63) is 21.6 Å². The number of hydrogen-bond donors (Lipinski definition) is 1. The largest absolute Gasteiger partial charge is 0.491 e. The van der Waals surface area contributed by atoms with Gasteiger partial charge < -0.3 is 14.6 Å². The van der Waals surface area contributed by atoms with Gasteiger partial charge in [0, 0.05) is 11.9 Å². The Morgan fingerprint density at radius 1 is 1.30 bits per heavy atom. The quantitative estimate of drug-likeness (QED) is 0.847. The second-order valence-electron chi connectivity index (χ2n) is 6.41. The van der Waals surface area contributed by atoms with E-state index in [0.717, 1.165) is 16.7 Å². The number of likely N-dealkylation sites (N-methyl/N-ethyl adjacent to an activating group) is 1. The van der Waals surface area contributed by atoms with Gasteiger partial charge in [0.25, 0.3) is 0 Å². The van der Waals surface area contributed by atoms with Crippen LogP contribution in [0.5, 0.6) is 0 Å². The van der Waals surface area contributed by atoms with Crippen molar-refractivity contribution < 1.29 is 22.5 Å². The predicted octanol–water partition coefficient (Wildman–Crippen LogP) is 3.40. The maximum absolute atomic E-state index is 12.7. The molecule has 9 heteroatoms. The average Bonchev–Trinajstić information content (AvgIpc) is 2.92. The number of rotatable bonds is 4. The van der Waals surface area contributed by atoms with Crippen LogP contribution in [0.1, 0.15) is 38.4 Å². The van der Waals surface area contributed by atoms with Crippen LogP contribution in [0.25, 0.3) is 6.08 Å². The first kappa shape index (κ1) is 18.4. The van der Waals surface area contributed by atoms with E-state index in [1.807, 2.05) is 27.7 Å². The fourth-order valence-electron chi connectivity index (χ4n) is 2.04. The third-order valence-electron chi connectivity index (χ3n) is 4.06. The normalized spacial score (nSPS) is 21.0. The standard InChI is InChI=1S/C14H20BF3N2O2S/c1-12(2)13(3,4)22-15(21-12)9(7-19-5)6-11-20-10(8-23-11)14(16,17)18/h6,8,19H,7H2,1-5H3. The Morgan fingerprint density at radius 2 is 1.87 bits per heavy atom. The lowest BCUT2D eigenvalue weighted by atomic mass is 9.78. The maximum atomic E-state index is 12.7. The van der Waals surface area contributed by atoms with Crippen molar-refractivity contribution in [2.75, 3.05) is 13.6 Å². The van der Waals surface area contributed by atoms with E-state index < -0.39 is 30.2 Å². The third kappa shape index (κ3) is 3.96. The molecule has 2 heterocycles. The van der Waals surface area contributed by atoms with E-state index in [9.17, 15) is 13.2 Å².